The number of aromatic nitrogens is 3. The monoisotopic (exact) mass is 389 g/mol. The maximum Gasteiger partial charge on any atom is 0.165 e. The van der Waals surface area contributed by atoms with Gasteiger partial charge in [-0.2, -0.15) is 0 Å². The molecule has 0 amide bonds. The highest BCUT2D eigenvalue weighted by atomic mass is 79.9. The number of nitrogens with zero attached hydrogens (tertiary/aromatic N) is 3. The van der Waals surface area contributed by atoms with E-state index in [1.807, 2.05) is 4.57 Å². The molecule has 0 aliphatic carbocycles. The Morgan fingerprint density at radius 3 is 2.53 bits per heavy atom. The van der Waals surface area contributed by atoms with Gasteiger partial charge in [-0.1, -0.05) is 31.9 Å². The number of benzene rings is 1. The summed E-state index contributed by atoms with van der Waals surface area (Å²) in [6.45, 7) is 6.21. The van der Waals surface area contributed by atoms with Gasteiger partial charge in [0.05, 0.1) is 5.33 Å². The standard InChI is InChI=1S/C13H14Br2FN3/c1-13(2,3)19-11(7-14)17-18-12(19)9-6-8(16)4-5-10(9)15/h4-6H,7H2,1-3H3. The van der Waals surface area contributed by atoms with Crippen LogP contribution in [0, 0.1) is 5.82 Å². The van der Waals surface area contributed by atoms with Crippen molar-refractivity contribution in [2.45, 2.75) is 31.6 Å². The highest BCUT2D eigenvalue weighted by Crippen LogP contribution is 2.32. The first-order chi connectivity index (χ1) is 8.84. The molecule has 0 bridgehead atoms. The van der Waals surface area contributed by atoms with Crippen molar-refractivity contribution >= 4 is 31.9 Å². The average molecular weight is 391 g/mol. The Hall–Kier alpha value is -0.750. The van der Waals surface area contributed by atoms with Gasteiger partial charge in [-0.05, 0) is 39.0 Å². The van der Waals surface area contributed by atoms with Gasteiger partial charge in [0.2, 0.25) is 0 Å². The van der Waals surface area contributed by atoms with Gasteiger partial charge in [0, 0.05) is 15.6 Å². The number of hydrogen-bond donors (Lipinski definition) is 0. The molecular formula is C13H14Br2FN3. The molecule has 2 aromatic rings. The van der Waals surface area contributed by atoms with Crippen LogP contribution in [-0.2, 0) is 10.9 Å². The molecule has 1 heterocycles. The third-order valence-corrected chi connectivity index (χ3v) is 3.88. The summed E-state index contributed by atoms with van der Waals surface area (Å²) in [7, 11) is 0. The van der Waals surface area contributed by atoms with Crippen LogP contribution >= 0.6 is 31.9 Å². The lowest BCUT2D eigenvalue weighted by atomic mass is 10.1. The van der Waals surface area contributed by atoms with Crippen LogP contribution in [0.1, 0.15) is 26.6 Å². The molecule has 102 valence electrons. The Labute approximate surface area is 128 Å². The van der Waals surface area contributed by atoms with Crippen molar-refractivity contribution in [1.29, 1.82) is 0 Å². The highest BCUT2D eigenvalue weighted by Gasteiger charge is 2.24. The van der Waals surface area contributed by atoms with Crippen LogP contribution in [0.2, 0.25) is 0 Å². The van der Waals surface area contributed by atoms with Crippen molar-refractivity contribution in [3.8, 4) is 11.4 Å². The van der Waals surface area contributed by atoms with E-state index in [0.29, 0.717) is 16.7 Å². The fourth-order valence-electron chi connectivity index (χ4n) is 1.95. The second kappa shape index (κ2) is 5.32. The lowest BCUT2D eigenvalue weighted by Crippen LogP contribution is -2.24. The van der Waals surface area contributed by atoms with E-state index in [2.05, 4.69) is 62.8 Å². The van der Waals surface area contributed by atoms with Crippen molar-refractivity contribution in [3.63, 3.8) is 0 Å². The summed E-state index contributed by atoms with van der Waals surface area (Å²) in [5.74, 6) is 1.19. The lowest BCUT2D eigenvalue weighted by molar-refractivity contribution is 0.390. The van der Waals surface area contributed by atoms with Crippen LogP contribution in [-0.4, -0.2) is 14.8 Å². The largest absolute Gasteiger partial charge is 0.305 e. The molecule has 0 spiro atoms. The smallest absolute Gasteiger partial charge is 0.165 e. The van der Waals surface area contributed by atoms with E-state index in [0.717, 1.165) is 10.3 Å². The molecule has 0 saturated carbocycles. The van der Waals surface area contributed by atoms with E-state index in [9.17, 15) is 4.39 Å². The first-order valence-electron chi connectivity index (χ1n) is 5.80. The first-order valence-corrected chi connectivity index (χ1v) is 7.72. The van der Waals surface area contributed by atoms with Gasteiger partial charge in [-0.3, -0.25) is 0 Å². The second-order valence-electron chi connectivity index (χ2n) is 5.20. The van der Waals surface area contributed by atoms with Crippen LogP contribution in [0.25, 0.3) is 11.4 Å². The Kier molecular flexibility index (Phi) is 4.11. The van der Waals surface area contributed by atoms with Crippen molar-refractivity contribution in [2.24, 2.45) is 0 Å². The predicted molar refractivity (Wildman–Crippen MR) is 80.7 cm³/mol. The van der Waals surface area contributed by atoms with Crippen LogP contribution in [0.15, 0.2) is 22.7 Å². The molecule has 1 aromatic carbocycles. The van der Waals surface area contributed by atoms with E-state index in [1.165, 1.54) is 12.1 Å². The van der Waals surface area contributed by atoms with E-state index in [1.54, 1.807) is 6.07 Å². The van der Waals surface area contributed by atoms with Crippen molar-refractivity contribution in [2.75, 3.05) is 0 Å². The zero-order chi connectivity index (χ0) is 14.2. The number of hydrogen-bond acceptors (Lipinski definition) is 2. The Morgan fingerprint density at radius 1 is 1.26 bits per heavy atom. The quantitative estimate of drug-likeness (QED) is 0.707. The number of rotatable bonds is 2. The molecule has 0 aliphatic heterocycles. The molecule has 0 atom stereocenters. The fourth-order valence-corrected chi connectivity index (χ4v) is 2.74. The molecule has 0 N–H and O–H groups in total. The third-order valence-electron chi connectivity index (χ3n) is 2.69. The zero-order valence-corrected chi connectivity index (χ0v) is 14.1. The summed E-state index contributed by atoms with van der Waals surface area (Å²) >= 11 is 6.85. The van der Waals surface area contributed by atoms with Crippen LogP contribution in [0.5, 0.6) is 0 Å². The maximum atomic E-state index is 13.5. The Balaban J connectivity index is 2.69. The number of halogens is 3. The minimum absolute atomic E-state index is 0.187. The topological polar surface area (TPSA) is 30.7 Å². The van der Waals surface area contributed by atoms with Crippen LogP contribution in [0.3, 0.4) is 0 Å². The molecular weight excluding hydrogens is 377 g/mol. The minimum atomic E-state index is -0.290. The molecule has 19 heavy (non-hydrogen) atoms. The van der Waals surface area contributed by atoms with Gasteiger partial charge in [0.25, 0.3) is 0 Å². The van der Waals surface area contributed by atoms with Crippen molar-refractivity contribution in [3.05, 3.63) is 34.3 Å². The van der Waals surface area contributed by atoms with E-state index in [4.69, 9.17) is 0 Å². The molecule has 0 unspecified atom stereocenters. The van der Waals surface area contributed by atoms with Crippen LogP contribution < -0.4 is 0 Å². The minimum Gasteiger partial charge on any atom is -0.305 e. The molecule has 0 aliphatic rings. The summed E-state index contributed by atoms with van der Waals surface area (Å²) in [6.07, 6.45) is 0. The molecule has 6 heteroatoms. The first kappa shape index (κ1) is 14.7. The Morgan fingerprint density at radius 2 is 1.95 bits per heavy atom. The molecule has 2 rings (SSSR count). The Bertz CT molecular complexity index is 602. The van der Waals surface area contributed by atoms with Crippen LogP contribution in [0.4, 0.5) is 4.39 Å². The van der Waals surface area contributed by atoms with E-state index in [-0.39, 0.29) is 11.4 Å². The normalized spacial score (nSPS) is 11.9. The summed E-state index contributed by atoms with van der Waals surface area (Å²) in [5, 5.41) is 8.98. The van der Waals surface area contributed by atoms with Crippen molar-refractivity contribution < 1.29 is 4.39 Å². The van der Waals surface area contributed by atoms with Gasteiger partial charge < -0.3 is 4.57 Å². The van der Waals surface area contributed by atoms with Crippen molar-refractivity contribution in [1.82, 2.24) is 14.8 Å². The zero-order valence-electron chi connectivity index (χ0n) is 10.9. The highest BCUT2D eigenvalue weighted by molar-refractivity contribution is 9.10. The summed E-state index contributed by atoms with van der Waals surface area (Å²) in [4.78, 5) is 0. The summed E-state index contributed by atoms with van der Waals surface area (Å²) in [6, 6.07) is 4.56. The van der Waals surface area contributed by atoms with E-state index < -0.39 is 0 Å². The molecule has 0 fully saturated rings. The average Bonchev–Trinajstić information content (AvgIpc) is 2.75. The fraction of sp³-hybridized carbons (Fsp3) is 0.385. The van der Waals surface area contributed by atoms with Gasteiger partial charge in [0.1, 0.15) is 11.6 Å². The van der Waals surface area contributed by atoms with Gasteiger partial charge >= 0.3 is 0 Å². The van der Waals surface area contributed by atoms with Gasteiger partial charge in [-0.15, -0.1) is 10.2 Å². The van der Waals surface area contributed by atoms with E-state index >= 15 is 0 Å². The summed E-state index contributed by atoms with van der Waals surface area (Å²) < 4.78 is 16.3. The molecule has 0 saturated heterocycles. The van der Waals surface area contributed by atoms with Gasteiger partial charge in [-0.25, -0.2) is 4.39 Å². The number of alkyl halides is 1. The SMILES string of the molecule is CC(C)(C)n1c(CBr)nnc1-c1cc(F)ccc1Br. The maximum absolute atomic E-state index is 13.5. The third kappa shape index (κ3) is 2.89. The lowest BCUT2D eigenvalue weighted by Gasteiger charge is -2.25. The second-order valence-corrected chi connectivity index (χ2v) is 6.62. The summed E-state index contributed by atoms with van der Waals surface area (Å²) in [5.41, 5.74) is 0.517. The predicted octanol–water partition coefficient (Wildman–Crippen LogP) is 4.50. The molecule has 1 aromatic heterocycles. The van der Waals surface area contributed by atoms with Gasteiger partial charge in [0.15, 0.2) is 5.82 Å². The molecule has 3 nitrogen and oxygen atoms in total. The molecule has 0 radical (unpaired) electrons.